The molecule has 3 amide bonds. The zero-order chi connectivity index (χ0) is 19.6. The van der Waals surface area contributed by atoms with Gasteiger partial charge in [-0.05, 0) is 32.2 Å². The number of carbonyl (C=O) groups is 3. The summed E-state index contributed by atoms with van der Waals surface area (Å²) in [6, 6.07) is -2.12. The Labute approximate surface area is 156 Å². The molecule has 3 rings (SSSR count). The Balaban J connectivity index is 1.47. The van der Waals surface area contributed by atoms with Gasteiger partial charge < -0.3 is 20.3 Å². The highest BCUT2D eigenvalue weighted by molar-refractivity contribution is 7.80. The van der Waals surface area contributed by atoms with Gasteiger partial charge in [0.05, 0.1) is 6.04 Å². The quantitative estimate of drug-likeness (QED) is 0.335. The van der Waals surface area contributed by atoms with Crippen LogP contribution in [0.5, 0.6) is 0 Å². The van der Waals surface area contributed by atoms with Crippen LogP contribution in [0.3, 0.4) is 0 Å². The zero-order valence-corrected chi connectivity index (χ0v) is 15.3. The average Bonchev–Trinajstić information content (AvgIpc) is 3.20. The molecule has 0 spiro atoms. The Hall–Kier alpha value is -1.96. The predicted octanol–water partition coefficient (Wildman–Crippen LogP) is -1.60. The van der Waals surface area contributed by atoms with E-state index in [1.165, 1.54) is 0 Å². The second-order valence-corrected chi connectivity index (χ2v) is 7.71. The Kier molecular flexibility index (Phi) is 5.83. The molecule has 0 unspecified atom stereocenters. The van der Waals surface area contributed by atoms with Crippen LogP contribution in [0.15, 0.2) is 0 Å². The van der Waals surface area contributed by atoms with Gasteiger partial charge in [0.2, 0.25) is 5.91 Å². The molecule has 0 aliphatic carbocycles. The summed E-state index contributed by atoms with van der Waals surface area (Å²) in [5, 5.41) is 6.19. The summed E-state index contributed by atoms with van der Waals surface area (Å²) in [5.41, 5.74) is 0. The topological polar surface area (TPSA) is 155 Å². The summed E-state index contributed by atoms with van der Waals surface area (Å²) in [4.78, 5) is 37.5. The fourth-order valence-corrected chi connectivity index (χ4v) is 3.91. The summed E-state index contributed by atoms with van der Waals surface area (Å²) in [7, 11) is -4.84. The first kappa shape index (κ1) is 19.8. The monoisotopic (exact) mass is 406 g/mol. The van der Waals surface area contributed by atoms with Gasteiger partial charge >= 0.3 is 22.4 Å². The van der Waals surface area contributed by atoms with Gasteiger partial charge in [-0.3, -0.25) is 14.1 Å². The van der Waals surface area contributed by atoms with Crippen LogP contribution in [-0.2, 0) is 29.0 Å². The third-order valence-corrected chi connectivity index (χ3v) is 5.16. The number of piperidine rings is 1. The van der Waals surface area contributed by atoms with Crippen LogP contribution in [0.4, 0.5) is 4.79 Å². The molecule has 3 aliphatic heterocycles. The Bertz CT molecular complexity index is 708. The van der Waals surface area contributed by atoms with Crippen molar-refractivity contribution in [2.24, 2.45) is 0 Å². The molecule has 0 aromatic rings. The van der Waals surface area contributed by atoms with Crippen molar-refractivity contribution in [2.45, 2.75) is 43.8 Å². The summed E-state index contributed by atoms with van der Waals surface area (Å²) in [6.07, 6.45) is 2.55. The molecule has 0 aromatic carbocycles. The van der Waals surface area contributed by atoms with E-state index in [-0.39, 0.29) is 32.2 Å². The molecule has 3 atom stereocenters. The van der Waals surface area contributed by atoms with Crippen LogP contribution in [0.25, 0.3) is 0 Å². The standard InChI is InChI=1S/C14H22N4O8S/c19-12(25-8-9-2-1-5-15-9)6-16-13(20)11-4-3-10-7-17(11)14(21)18(10)26-27(22,23)24/h9-11,15H,1-8H2,(H,16,20)(H,22,23,24)/t9-,10-,11-/m0/s1. The third kappa shape index (κ3) is 4.86. The highest BCUT2D eigenvalue weighted by atomic mass is 32.3. The minimum absolute atomic E-state index is 0.0875. The van der Waals surface area contributed by atoms with Crippen molar-refractivity contribution in [1.82, 2.24) is 20.6 Å². The summed E-state index contributed by atoms with van der Waals surface area (Å²) >= 11 is 0. The number of urea groups is 1. The van der Waals surface area contributed by atoms with Crippen LogP contribution in [0, 0.1) is 0 Å². The molecule has 12 nitrogen and oxygen atoms in total. The lowest BCUT2D eigenvalue weighted by Crippen LogP contribution is -2.50. The molecule has 2 bridgehead atoms. The van der Waals surface area contributed by atoms with E-state index in [0.29, 0.717) is 11.5 Å². The number of hydroxylamine groups is 2. The predicted molar refractivity (Wildman–Crippen MR) is 88.4 cm³/mol. The van der Waals surface area contributed by atoms with E-state index in [1.807, 2.05) is 0 Å². The molecule has 0 saturated carbocycles. The summed E-state index contributed by atoms with van der Waals surface area (Å²) in [5.74, 6) is -1.11. The van der Waals surface area contributed by atoms with Crippen molar-refractivity contribution in [1.29, 1.82) is 0 Å². The van der Waals surface area contributed by atoms with Crippen LogP contribution in [0.2, 0.25) is 0 Å². The molecule has 3 heterocycles. The van der Waals surface area contributed by atoms with Crippen LogP contribution in [0.1, 0.15) is 25.7 Å². The molecular formula is C14H22N4O8S. The number of ether oxygens (including phenoxy) is 1. The number of rotatable bonds is 7. The average molecular weight is 406 g/mol. The van der Waals surface area contributed by atoms with Crippen molar-refractivity contribution in [2.75, 3.05) is 26.2 Å². The fourth-order valence-electron chi connectivity index (χ4n) is 3.52. The minimum Gasteiger partial charge on any atom is -0.463 e. The fraction of sp³-hybridized carbons (Fsp3) is 0.786. The summed E-state index contributed by atoms with van der Waals surface area (Å²) < 4.78 is 39.9. The lowest BCUT2D eigenvalue weighted by atomic mass is 10.0. The number of amides is 3. The van der Waals surface area contributed by atoms with Crippen LogP contribution < -0.4 is 10.6 Å². The number of hydrogen-bond donors (Lipinski definition) is 3. The molecule has 27 heavy (non-hydrogen) atoms. The first-order valence-electron chi connectivity index (χ1n) is 8.68. The number of carbonyl (C=O) groups excluding carboxylic acids is 3. The van der Waals surface area contributed by atoms with Crippen LogP contribution >= 0.6 is 0 Å². The highest BCUT2D eigenvalue weighted by Gasteiger charge is 2.49. The number of nitrogens with zero attached hydrogens (tertiary/aromatic N) is 2. The maximum absolute atomic E-state index is 12.3. The lowest BCUT2D eigenvalue weighted by Gasteiger charge is -2.29. The molecule has 3 fully saturated rings. The van der Waals surface area contributed by atoms with Gasteiger partial charge in [0, 0.05) is 12.6 Å². The highest BCUT2D eigenvalue weighted by Crippen LogP contribution is 2.30. The van der Waals surface area contributed by atoms with Crippen molar-refractivity contribution >= 4 is 28.3 Å². The number of fused-ring (bicyclic) bond motifs is 2. The van der Waals surface area contributed by atoms with Gasteiger partial charge in [0.25, 0.3) is 0 Å². The number of hydrogen-bond acceptors (Lipinski definition) is 8. The maximum atomic E-state index is 12.3. The van der Waals surface area contributed by atoms with Gasteiger partial charge in [-0.15, -0.1) is 4.28 Å². The van der Waals surface area contributed by atoms with E-state index >= 15 is 0 Å². The Morgan fingerprint density at radius 1 is 1.30 bits per heavy atom. The van der Waals surface area contributed by atoms with E-state index in [1.54, 1.807) is 0 Å². The first-order valence-corrected chi connectivity index (χ1v) is 10.0. The minimum atomic E-state index is -4.84. The van der Waals surface area contributed by atoms with Crippen molar-refractivity contribution in [3.05, 3.63) is 0 Å². The van der Waals surface area contributed by atoms with E-state index < -0.39 is 40.4 Å². The van der Waals surface area contributed by atoms with E-state index in [4.69, 9.17) is 9.29 Å². The second kappa shape index (κ2) is 7.96. The third-order valence-electron chi connectivity index (χ3n) is 4.81. The van der Waals surface area contributed by atoms with Crippen molar-refractivity contribution < 1.29 is 36.4 Å². The van der Waals surface area contributed by atoms with Gasteiger partial charge in [-0.2, -0.15) is 13.5 Å². The SMILES string of the molecule is O=C(CNC(=O)[C@@H]1CC[C@H]2CN1C(=O)N2OS(=O)(=O)O)OC[C@@H]1CCCN1. The smallest absolute Gasteiger partial charge is 0.418 e. The van der Waals surface area contributed by atoms with Crippen molar-refractivity contribution in [3.8, 4) is 0 Å². The molecule has 3 N–H and O–H groups in total. The first-order chi connectivity index (χ1) is 12.7. The van der Waals surface area contributed by atoms with E-state index in [2.05, 4.69) is 14.9 Å². The van der Waals surface area contributed by atoms with Gasteiger partial charge in [-0.1, -0.05) is 0 Å². The second-order valence-electron chi connectivity index (χ2n) is 6.70. The molecule has 0 radical (unpaired) electrons. The molecule has 0 aromatic heterocycles. The largest absolute Gasteiger partial charge is 0.463 e. The molecule has 152 valence electrons. The number of nitrogens with one attached hydrogen (secondary N) is 2. The van der Waals surface area contributed by atoms with Gasteiger partial charge in [0.15, 0.2) is 0 Å². The molecular weight excluding hydrogens is 384 g/mol. The van der Waals surface area contributed by atoms with Crippen LogP contribution in [-0.4, -0.2) is 85.2 Å². The zero-order valence-electron chi connectivity index (χ0n) is 14.5. The van der Waals surface area contributed by atoms with Crippen molar-refractivity contribution in [3.63, 3.8) is 0 Å². The Morgan fingerprint density at radius 3 is 2.74 bits per heavy atom. The molecule has 13 heteroatoms. The molecule has 3 saturated heterocycles. The van der Waals surface area contributed by atoms with E-state index in [0.717, 1.165) is 24.3 Å². The molecule has 3 aliphatic rings. The van der Waals surface area contributed by atoms with E-state index in [9.17, 15) is 22.8 Å². The Morgan fingerprint density at radius 2 is 2.07 bits per heavy atom. The van der Waals surface area contributed by atoms with Gasteiger partial charge in [0.1, 0.15) is 19.2 Å². The number of esters is 1. The maximum Gasteiger partial charge on any atom is 0.418 e. The van der Waals surface area contributed by atoms with Gasteiger partial charge in [-0.25, -0.2) is 4.79 Å². The summed E-state index contributed by atoms with van der Waals surface area (Å²) in [6.45, 7) is 0.902. The lowest BCUT2D eigenvalue weighted by molar-refractivity contribution is -0.145. The normalized spacial score (nSPS) is 27.7.